The van der Waals surface area contributed by atoms with Crippen molar-refractivity contribution in [2.45, 2.75) is 20.3 Å². The van der Waals surface area contributed by atoms with Gasteiger partial charge < -0.3 is 9.64 Å². The summed E-state index contributed by atoms with van der Waals surface area (Å²) >= 11 is 1.39. The first-order valence-corrected chi connectivity index (χ1v) is 10.3. The second kappa shape index (κ2) is 7.39. The lowest BCUT2D eigenvalue weighted by molar-refractivity contribution is 0.0620. The van der Waals surface area contributed by atoms with Crippen LogP contribution in [0.4, 0.5) is 0 Å². The van der Waals surface area contributed by atoms with Crippen LogP contribution in [0.3, 0.4) is 0 Å². The van der Waals surface area contributed by atoms with E-state index in [4.69, 9.17) is 4.74 Å². The molecule has 0 spiro atoms. The zero-order valence-electron chi connectivity index (χ0n) is 16.2. The van der Waals surface area contributed by atoms with Crippen molar-refractivity contribution in [1.82, 2.24) is 14.3 Å². The Balaban J connectivity index is 1.76. The number of hydrogen-bond acceptors (Lipinski definition) is 5. The van der Waals surface area contributed by atoms with Gasteiger partial charge in [-0.25, -0.2) is 4.98 Å². The van der Waals surface area contributed by atoms with Crippen molar-refractivity contribution in [3.8, 4) is 17.0 Å². The molecule has 1 aliphatic heterocycles. The maximum absolute atomic E-state index is 13.2. The summed E-state index contributed by atoms with van der Waals surface area (Å²) in [5.41, 5.74) is 1.43. The number of aromatic nitrogens is 2. The monoisotopic (exact) mass is 397 g/mol. The van der Waals surface area contributed by atoms with Gasteiger partial charge in [0.05, 0.1) is 12.8 Å². The van der Waals surface area contributed by atoms with Gasteiger partial charge in [0, 0.05) is 24.7 Å². The van der Waals surface area contributed by atoms with Crippen LogP contribution in [0.5, 0.6) is 5.75 Å². The highest BCUT2D eigenvalue weighted by atomic mass is 32.1. The summed E-state index contributed by atoms with van der Waals surface area (Å²) < 4.78 is 6.74. The van der Waals surface area contributed by atoms with Gasteiger partial charge >= 0.3 is 0 Å². The zero-order chi connectivity index (χ0) is 19.8. The molecular formula is C21H23N3O3S. The Kier molecular flexibility index (Phi) is 4.93. The number of hydrogen-bond donors (Lipinski definition) is 0. The lowest BCUT2D eigenvalue weighted by Gasteiger charge is -2.34. The Morgan fingerprint density at radius 2 is 1.86 bits per heavy atom. The van der Waals surface area contributed by atoms with E-state index in [1.54, 1.807) is 12.0 Å². The second-order valence-corrected chi connectivity index (χ2v) is 8.44. The maximum Gasteiger partial charge on any atom is 0.271 e. The molecule has 1 aromatic carbocycles. The SMILES string of the molecule is COc1ccc(-c2csc3ncc(C(=O)N4CC(C)CC(C)C4)c(=O)n23)cc1. The van der Waals surface area contributed by atoms with E-state index in [1.807, 2.05) is 29.6 Å². The quantitative estimate of drug-likeness (QED) is 0.678. The van der Waals surface area contributed by atoms with Crippen LogP contribution in [0.15, 0.2) is 40.6 Å². The van der Waals surface area contributed by atoms with Gasteiger partial charge in [0.15, 0.2) is 4.96 Å². The summed E-state index contributed by atoms with van der Waals surface area (Å²) in [6.45, 7) is 5.65. The number of likely N-dealkylation sites (tertiary alicyclic amines) is 1. The molecule has 0 aliphatic carbocycles. The van der Waals surface area contributed by atoms with Crippen LogP contribution in [-0.4, -0.2) is 40.4 Å². The molecule has 4 rings (SSSR count). The topological polar surface area (TPSA) is 63.9 Å². The standard InChI is InChI=1S/C21H23N3O3S/c1-13-8-14(2)11-23(10-13)19(25)17-9-22-21-24(20(17)26)18(12-28-21)15-4-6-16(27-3)7-5-15/h4-7,9,12-14H,8,10-11H2,1-3H3. The fourth-order valence-corrected chi connectivity index (χ4v) is 4.86. The number of piperidine rings is 1. The molecule has 1 fully saturated rings. The number of fused-ring (bicyclic) bond motifs is 1. The molecule has 0 saturated carbocycles. The van der Waals surface area contributed by atoms with Crippen molar-refractivity contribution in [2.24, 2.45) is 11.8 Å². The average molecular weight is 398 g/mol. The van der Waals surface area contributed by atoms with E-state index in [-0.39, 0.29) is 17.0 Å². The molecule has 2 atom stereocenters. The number of benzene rings is 1. The number of thiazole rings is 1. The van der Waals surface area contributed by atoms with E-state index in [0.29, 0.717) is 29.9 Å². The van der Waals surface area contributed by atoms with E-state index in [1.165, 1.54) is 21.9 Å². The van der Waals surface area contributed by atoms with E-state index in [9.17, 15) is 9.59 Å². The van der Waals surface area contributed by atoms with Crippen LogP contribution in [0, 0.1) is 11.8 Å². The third-order valence-corrected chi connectivity index (χ3v) is 6.06. The van der Waals surface area contributed by atoms with Crippen LogP contribution < -0.4 is 10.3 Å². The normalized spacial score (nSPS) is 19.8. The van der Waals surface area contributed by atoms with Crippen molar-refractivity contribution < 1.29 is 9.53 Å². The zero-order valence-corrected chi connectivity index (χ0v) is 17.0. The van der Waals surface area contributed by atoms with Crippen molar-refractivity contribution in [3.63, 3.8) is 0 Å². The average Bonchev–Trinajstić information content (AvgIpc) is 3.12. The predicted octanol–water partition coefficient (Wildman–Crippen LogP) is 3.55. The molecule has 146 valence electrons. The van der Waals surface area contributed by atoms with Crippen LogP contribution in [0.1, 0.15) is 30.6 Å². The molecule has 2 aromatic heterocycles. The van der Waals surface area contributed by atoms with Crippen molar-refractivity contribution in [3.05, 3.63) is 51.8 Å². The first-order valence-electron chi connectivity index (χ1n) is 9.41. The molecule has 0 bridgehead atoms. The van der Waals surface area contributed by atoms with E-state index >= 15 is 0 Å². The van der Waals surface area contributed by atoms with Gasteiger partial charge in [-0.1, -0.05) is 13.8 Å². The van der Waals surface area contributed by atoms with Gasteiger partial charge in [0.25, 0.3) is 11.5 Å². The molecule has 7 heteroatoms. The summed E-state index contributed by atoms with van der Waals surface area (Å²) in [4.78, 5) is 33.0. The number of ether oxygens (including phenoxy) is 1. The molecule has 1 saturated heterocycles. The van der Waals surface area contributed by atoms with Crippen molar-refractivity contribution >= 4 is 22.2 Å². The molecule has 0 radical (unpaired) electrons. The predicted molar refractivity (Wildman–Crippen MR) is 110 cm³/mol. The van der Waals surface area contributed by atoms with Crippen molar-refractivity contribution in [2.75, 3.05) is 20.2 Å². The Labute approximate surface area is 167 Å². The highest BCUT2D eigenvalue weighted by Crippen LogP contribution is 2.26. The first kappa shape index (κ1) is 18.7. The number of methoxy groups -OCH3 is 1. The van der Waals surface area contributed by atoms with Gasteiger partial charge in [-0.2, -0.15) is 0 Å². The van der Waals surface area contributed by atoms with E-state index in [2.05, 4.69) is 18.8 Å². The minimum Gasteiger partial charge on any atom is -0.497 e. The number of rotatable bonds is 3. The summed E-state index contributed by atoms with van der Waals surface area (Å²) in [7, 11) is 1.61. The fourth-order valence-electron chi connectivity index (χ4n) is 4.00. The molecule has 28 heavy (non-hydrogen) atoms. The number of nitrogens with zero attached hydrogens (tertiary/aromatic N) is 3. The summed E-state index contributed by atoms with van der Waals surface area (Å²) in [6, 6.07) is 7.50. The molecule has 3 aromatic rings. The molecule has 1 aliphatic rings. The largest absolute Gasteiger partial charge is 0.497 e. The number of carbonyl (C=O) groups is 1. The second-order valence-electron chi connectivity index (χ2n) is 7.60. The van der Waals surface area contributed by atoms with E-state index in [0.717, 1.165) is 23.4 Å². The van der Waals surface area contributed by atoms with Crippen molar-refractivity contribution in [1.29, 1.82) is 0 Å². The lowest BCUT2D eigenvalue weighted by atomic mass is 9.91. The van der Waals surface area contributed by atoms with Gasteiger partial charge in [-0.3, -0.25) is 14.0 Å². The smallest absolute Gasteiger partial charge is 0.271 e. The van der Waals surface area contributed by atoms with E-state index < -0.39 is 0 Å². The highest BCUT2D eigenvalue weighted by molar-refractivity contribution is 7.15. The highest BCUT2D eigenvalue weighted by Gasteiger charge is 2.28. The summed E-state index contributed by atoms with van der Waals surface area (Å²) in [5, 5.41) is 1.89. The van der Waals surface area contributed by atoms with Gasteiger partial charge in [0.2, 0.25) is 0 Å². The van der Waals surface area contributed by atoms with Crippen LogP contribution in [0.2, 0.25) is 0 Å². The molecule has 2 unspecified atom stereocenters. The lowest BCUT2D eigenvalue weighted by Crippen LogP contribution is -2.44. The third kappa shape index (κ3) is 3.30. The maximum atomic E-state index is 13.2. The van der Waals surface area contributed by atoms with Crippen LogP contribution in [0.25, 0.3) is 16.2 Å². The minimum absolute atomic E-state index is 0.131. The molecular weight excluding hydrogens is 374 g/mol. The summed E-state index contributed by atoms with van der Waals surface area (Å²) in [5.74, 6) is 1.39. The Hall–Kier alpha value is -2.67. The van der Waals surface area contributed by atoms with Gasteiger partial charge in [0.1, 0.15) is 11.3 Å². The van der Waals surface area contributed by atoms with Gasteiger partial charge in [-0.15, -0.1) is 11.3 Å². The number of amides is 1. The van der Waals surface area contributed by atoms with Crippen LogP contribution in [-0.2, 0) is 0 Å². The molecule has 3 heterocycles. The van der Waals surface area contributed by atoms with Gasteiger partial charge in [-0.05, 0) is 48.1 Å². The number of carbonyl (C=O) groups excluding carboxylic acids is 1. The Bertz CT molecular complexity index is 1060. The first-order chi connectivity index (χ1) is 13.5. The van der Waals surface area contributed by atoms with Crippen LogP contribution >= 0.6 is 11.3 Å². The third-order valence-electron chi connectivity index (χ3n) is 5.22. The minimum atomic E-state index is -0.312. The molecule has 0 N–H and O–H groups in total. The fraction of sp³-hybridized carbons (Fsp3) is 0.381. The Morgan fingerprint density at radius 3 is 2.50 bits per heavy atom. The molecule has 6 nitrogen and oxygen atoms in total. The Morgan fingerprint density at radius 1 is 1.18 bits per heavy atom. The molecule has 1 amide bonds. The summed E-state index contributed by atoms with van der Waals surface area (Å²) in [6.07, 6.45) is 2.53.